The Morgan fingerprint density at radius 3 is 2.86 bits per heavy atom. The molecule has 1 rings (SSSR count). The molecule has 0 aliphatic heterocycles. The highest BCUT2D eigenvalue weighted by atomic mass is 16.1. The van der Waals surface area contributed by atoms with Crippen molar-refractivity contribution in [1.82, 2.24) is 4.98 Å². The summed E-state index contributed by atoms with van der Waals surface area (Å²) in [6, 6.07) is 3.47. The Balaban J connectivity index is 2.55. The number of nitrogens with one attached hydrogen (secondary N) is 1. The normalized spacial score (nSPS) is 9.71. The molecule has 4 nitrogen and oxygen atoms in total. The fourth-order valence-electron chi connectivity index (χ4n) is 1.10. The predicted molar refractivity (Wildman–Crippen MR) is 54.5 cm³/mol. The van der Waals surface area contributed by atoms with Crippen molar-refractivity contribution in [3.63, 3.8) is 0 Å². The first kappa shape index (κ1) is 10.4. The number of pyridine rings is 1. The first-order valence-electron chi connectivity index (χ1n) is 4.47. The molecule has 0 unspecified atom stereocenters. The summed E-state index contributed by atoms with van der Waals surface area (Å²) in [5.74, 6) is -0.455. The Hall–Kier alpha value is -1.71. The fraction of sp³-hybridized carbons (Fsp3) is 0.300. The predicted octanol–water partition coefficient (Wildman–Crippen LogP) is 1.15. The monoisotopic (exact) mass is 191 g/mol. The molecule has 74 valence electrons. The molecule has 0 atom stereocenters. The van der Waals surface area contributed by atoms with Gasteiger partial charge in [-0.3, -0.25) is 9.78 Å². The van der Waals surface area contributed by atoms with E-state index in [9.17, 15) is 4.79 Å². The van der Waals surface area contributed by atoms with Gasteiger partial charge in [-0.15, -0.1) is 0 Å². The maximum absolute atomic E-state index is 10.7. The minimum Gasteiger partial charge on any atom is -0.366 e. The van der Waals surface area contributed by atoms with E-state index in [2.05, 4.69) is 4.98 Å². The van der Waals surface area contributed by atoms with Gasteiger partial charge in [0.25, 0.3) is 0 Å². The van der Waals surface area contributed by atoms with Crippen molar-refractivity contribution in [2.24, 2.45) is 5.73 Å². The Morgan fingerprint density at radius 1 is 1.57 bits per heavy atom. The van der Waals surface area contributed by atoms with E-state index in [1.807, 2.05) is 0 Å². The number of amides is 1. The van der Waals surface area contributed by atoms with Crippen molar-refractivity contribution >= 4 is 12.1 Å². The average Bonchev–Trinajstić information content (AvgIpc) is 2.19. The van der Waals surface area contributed by atoms with Crippen molar-refractivity contribution in [1.29, 1.82) is 5.41 Å². The number of carbonyl (C=O) groups is 1. The number of nitrogens with zero attached hydrogens (tertiary/aromatic N) is 1. The molecular weight excluding hydrogens is 178 g/mol. The van der Waals surface area contributed by atoms with Crippen molar-refractivity contribution in [2.45, 2.75) is 19.3 Å². The number of primary amides is 1. The molecule has 0 spiro atoms. The zero-order valence-corrected chi connectivity index (χ0v) is 7.86. The number of carbonyl (C=O) groups excluding carboxylic acids is 1. The zero-order valence-electron chi connectivity index (χ0n) is 7.86. The maximum atomic E-state index is 10.7. The quantitative estimate of drug-likeness (QED) is 0.540. The lowest BCUT2D eigenvalue weighted by Crippen LogP contribution is -2.11. The van der Waals surface area contributed by atoms with Crippen molar-refractivity contribution in [2.75, 3.05) is 0 Å². The summed E-state index contributed by atoms with van der Waals surface area (Å²) in [6.07, 6.45) is 5.37. The molecule has 0 aliphatic carbocycles. The molecule has 3 N–H and O–H groups in total. The van der Waals surface area contributed by atoms with Gasteiger partial charge in [0.05, 0.1) is 5.56 Å². The molecule has 0 bridgehead atoms. The van der Waals surface area contributed by atoms with Crippen LogP contribution in [0.4, 0.5) is 0 Å². The van der Waals surface area contributed by atoms with E-state index < -0.39 is 5.91 Å². The van der Waals surface area contributed by atoms with Crippen LogP contribution in [0.1, 0.15) is 28.9 Å². The lowest BCUT2D eigenvalue weighted by atomic mass is 10.1. The Labute approximate surface area is 82.7 Å². The molecule has 0 fully saturated rings. The number of hydrogen-bond acceptors (Lipinski definition) is 3. The van der Waals surface area contributed by atoms with Gasteiger partial charge in [0, 0.05) is 11.9 Å². The topological polar surface area (TPSA) is 79.8 Å². The smallest absolute Gasteiger partial charge is 0.250 e. The summed E-state index contributed by atoms with van der Waals surface area (Å²) in [6.45, 7) is 0. The molecule has 0 radical (unpaired) electrons. The molecular formula is C10H13N3O. The highest BCUT2D eigenvalue weighted by Crippen LogP contribution is 2.03. The van der Waals surface area contributed by atoms with E-state index in [-0.39, 0.29) is 0 Å². The van der Waals surface area contributed by atoms with Crippen LogP contribution in [0.3, 0.4) is 0 Å². The highest BCUT2D eigenvalue weighted by molar-refractivity contribution is 5.92. The third kappa shape index (κ3) is 2.97. The van der Waals surface area contributed by atoms with Crippen LogP contribution in [0.25, 0.3) is 0 Å². The van der Waals surface area contributed by atoms with Crippen LogP contribution in [-0.4, -0.2) is 17.1 Å². The first-order valence-corrected chi connectivity index (χ1v) is 4.47. The van der Waals surface area contributed by atoms with Crippen LogP contribution < -0.4 is 5.73 Å². The summed E-state index contributed by atoms with van der Waals surface area (Å²) in [7, 11) is 0. The Morgan fingerprint density at radius 2 is 2.36 bits per heavy atom. The van der Waals surface area contributed by atoms with Crippen molar-refractivity contribution in [3.8, 4) is 0 Å². The number of unbranched alkanes of at least 4 members (excludes halogenated alkanes) is 1. The van der Waals surface area contributed by atoms with Gasteiger partial charge in [-0.2, -0.15) is 0 Å². The zero-order chi connectivity index (χ0) is 10.4. The van der Waals surface area contributed by atoms with E-state index in [0.29, 0.717) is 5.56 Å². The molecule has 1 aromatic heterocycles. The second kappa shape index (κ2) is 5.11. The molecule has 0 aromatic carbocycles. The third-order valence-corrected chi connectivity index (χ3v) is 1.89. The van der Waals surface area contributed by atoms with Gasteiger partial charge in [-0.1, -0.05) is 0 Å². The largest absolute Gasteiger partial charge is 0.366 e. The second-order valence-corrected chi connectivity index (χ2v) is 3.00. The summed E-state index contributed by atoms with van der Waals surface area (Å²) in [5.41, 5.74) is 6.44. The summed E-state index contributed by atoms with van der Waals surface area (Å²) < 4.78 is 0. The Bertz CT molecular complexity index is 319. The highest BCUT2D eigenvalue weighted by Gasteiger charge is 2.00. The number of aryl methyl sites for hydroxylation is 1. The van der Waals surface area contributed by atoms with Gasteiger partial charge < -0.3 is 11.1 Å². The average molecular weight is 191 g/mol. The van der Waals surface area contributed by atoms with Crippen molar-refractivity contribution < 1.29 is 4.79 Å². The van der Waals surface area contributed by atoms with Crippen LogP contribution in [-0.2, 0) is 6.42 Å². The number of aromatic nitrogens is 1. The maximum Gasteiger partial charge on any atom is 0.250 e. The molecule has 0 saturated heterocycles. The standard InChI is InChI=1S/C10H13N3O/c11-6-2-1-3-9-5-4-8(7-13-9)10(12)14/h4-7,11H,1-3H2,(H2,12,14). The van der Waals surface area contributed by atoms with E-state index in [1.54, 1.807) is 12.1 Å². The molecule has 0 aliphatic rings. The van der Waals surface area contributed by atoms with Gasteiger partial charge in [0.15, 0.2) is 0 Å². The minimum absolute atomic E-state index is 0.431. The van der Waals surface area contributed by atoms with Crippen LogP contribution in [0.15, 0.2) is 18.3 Å². The second-order valence-electron chi connectivity index (χ2n) is 3.00. The van der Waals surface area contributed by atoms with E-state index in [1.165, 1.54) is 12.4 Å². The fourth-order valence-corrected chi connectivity index (χ4v) is 1.10. The van der Waals surface area contributed by atoms with Gasteiger partial charge in [0.2, 0.25) is 5.91 Å². The Kier molecular flexibility index (Phi) is 3.79. The van der Waals surface area contributed by atoms with Crippen molar-refractivity contribution in [3.05, 3.63) is 29.6 Å². The van der Waals surface area contributed by atoms with E-state index in [0.717, 1.165) is 25.0 Å². The molecule has 1 heterocycles. The summed E-state index contributed by atoms with van der Waals surface area (Å²) in [4.78, 5) is 14.8. The summed E-state index contributed by atoms with van der Waals surface area (Å²) in [5, 5.41) is 6.85. The van der Waals surface area contributed by atoms with E-state index >= 15 is 0 Å². The number of nitrogens with two attached hydrogens (primary N) is 1. The molecule has 0 saturated carbocycles. The summed E-state index contributed by atoms with van der Waals surface area (Å²) >= 11 is 0. The van der Waals surface area contributed by atoms with Gasteiger partial charge in [-0.25, -0.2) is 0 Å². The third-order valence-electron chi connectivity index (χ3n) is 1.89. The molecule has 14 heavy (non-hydrogen) atoms. The van der Waals surface area contributed by atoms with Gasteiger partial charge in [0.1, 0.15) is 0 Å². The van der Waals surface area contributed by atoms with Crippen LogP contribution in [0, 0.1) is 5.41 Å². The van der Waals surface area contributed by atoms with Gasteiger partial charge in [-0.05, 0) is 37.6 Å². The number of hydrogen-bond donors (Lipinski definition) is 2. The lowest BCUT2D eigenvalue weighted by molar-refractivity contribution is 0.1000. The van der Waals surface area contributed by atoms with Crippen LogP contribution >= 0.6 is 0 Å². The van der Waals surface area contributed by atoms with Gasteiger partial charge >= 0.3 is 0 Å². The molecule has 4 heteroatoms. The number of rotatable bonds is 5. The molecule has 1 aromatic rings. The van der Waals surface area contributed by atoms with Crippen LogP contribution in [0.5, 0.6) is 0 Å². The van der Waals surface area contributed by atoms with E-state index in [4.69, 9.17) is 11.1 Å². The van der Waals surface area contributed by atoms with Crippen LogP contribution in [0.2, 0.25) is 0 Å². The lowest BCUT2D eigenvalue weighted by Gasteiger charge is -1.99. The molecule has 1 amide bonds. The first-order chi connectivity index (χ1) is 6.74. The minimum atomic E-state index is -0.455. The SMILES string of the molecule is N=CCCCc1ccc(C(N)=O)cn1.